The number of unbranched alkanes of at least 4 members (excludes halogenated alkanes) is 19. The van der Waals surface area contributed by atoms with E-state index in [0.29, 0.717) is 12.8 Å². The Balaban J connectivity index is 2.62. The van der Waals surface area contributed by atoms with Crippen molar-refractivity contribution in [2.45, 2.75) is 223 Å². The minimum atomic E-state index is -5.10. The van der Waals surface area contributed by atoms with Crippen molar-refractivity contribution in [3.63, 3.8) is 0 Å². The van der Waals surface area contributed by atoms with Gasteiger partial charge in [-0.2, -0.15) is 0 Å². The molecule has 1 amide bonds. The molecule has 0 spiro atoms. The van der Waals surface area contributed by atoms with Crippen LogP contribution in [0.3, 0.4) is 0 Å². The van der Waals surface area contributed by atoms with Crippen LogP contribution in [0.1, 0.15) is 168 Å². The van der Waals surface area contributed by atoms with Crippen molar-refractivity contribution in [2.75, 3.05) is 6.61 Å². The average molecular weight is 756 g/mol. The highest BCUT2D eigenvalue weighted by molar-refractivity contribution is 7.47. The second-order valence-electron chi connectivity index (χ2n) is 14.7. The van der Waals surface area contributed by atoms with Crippen LogP contribution in [0.5, 0.6) is 0 Å². The molecule has 0 saturated heterocycles. The van der Waals surface area contributed by atoms with E-state index in [1.807, 2.05) is 0 Å². The van der Waals surface area contributed by atoms with E-state index in [1.54, 1.807) is 0 Å². The van der Waals surface area contributed by atoms with Crippen molar-refractivity contribution in [1.29, 1.82) is 0 Å². The van der Waals surface area contributed by atoms with Gasteiger partial charge in [0, 0.05) is 0 Å². The minimum absolute atomic E-state index is 0.218. The van der Waals surface area contributed by atoms with Gasteiger partial charge in [0.05, 0.1) is 31.3 Å². The van der Waals surface area contributed by atoms with E-state index in [2.05, 4.69) is 19.2 Å². The first-order valence-corrected chi connectivity index (χ1v) is 21.6. The number of amides is 1. The summed E-state index contributed by atoms with van der Waals surface area (Å²) in [6.45, 7) is 3.72. The fourth-order valence-electron chi connectivity index (χ4n) is 6.60. The van der Waals surface area contributed by atoms with Crippen LogP contribution in [-0.4, -0.2) is 108 Å². The van der Waals surface area contributed by atoms with Gasteiger partial charge in [0.2, 0.25) is 5.91 Å². The van der Waals surface area contributed by atoms with Gasteiger partial charge >= 0.3 is 7.82 Å². The number of hydrogen-bond acceptors (Lipinski definition) is 11. The molecule has 51 heavy (non-hydrogen) atoms. The van der Waals surface area contributed by atoms with Gasteiger partial charge < -0.3 is 46.0 Å². The van der Waals surface area contributed by atoms with Gasteiger partial charge in [-0.1, -0.05) is 149 Å². The fourth-order valence-corrected chi connectivity index (χ4v) is 7.56. The molecule has 0 aliphatic heterocycles. The number of aliphatic hydroxyl groups excluding tert-OH is 7. The van der Waals surface area contributed by atoms with E-state index in [1.165, 1.54) is 77.0 Å². The van der Waals surface area contributed by atoms with E-state index >= 15 is 0 Å². The predicted octanol–water partition coefficient (Wildman–Crippen LogP) is 4.92. The highest BCUT2D eigenvalue weighted by Gasteiger charge is 2.51. The first-order valence-electron chi connectivity index (χ1n) is 20.1. The van der Waals surface area contributed by atoms with Crippen LogP contribution in [0.4, 0.5) is 0 Å². The van der Waals surface area contributed by atoms with Crippen LogP contribution in [0.15, 0.2) is 0 Å². The van der Waals surface area contributed by atoms with Gasteiger partial charge in [-0.25, -0.2) is 4.57 Å². The van der Waals surface area contributed by atoms with Crippen molar-refractivity contribution < 1.29 is 59.0 Å². The van der Waals surface area contributed by atoms with Crippen molar-refractivity contribution in [3.8, 4) is 0 Å². The highest BCUT2D eigenvalue weighted by atomic mass is 31.2. The lowest BCUT2D eigenvalue weighted by Crippen LogP contribution is -2.64. The maximum absolute atomic E-state index is 12.9. The summed E-state index contributed by atoms with van der Waals surface area (Å²) in [6, 6.07) is -1.15. The average Bonchev–Trinajstić information content (AvgIpc) is 3.09. The van der Waals surface area contributed by atoms with Crippen molar-refractivity contribution >= 4 is 13.7 Å². The summed E-state index contributed by atoms with van der Waals surface area (Å²) in [5, 5.41) is 74.1. The molecule has 13 nitrogen and oxygen atoms in total. The monoisotopic (exact) mass is 755 g/mol. The molecule has 0 aromatic carbocycles. The summed E-state index contributed by atoms with van der Waals surface area (Å²) in [7, 11) is -5.10. The van der Waals surface area contributed by atoms with E-state index < -0.39 is 75.2 Å². The lowest BCUT2D eigenvalue weighted by atomic mass is 9.85. The van der Waals surface area contributed by atoms with Crippen LogP contribution in [0.2, 0.25) is 0 Å². The molecule has 9 N–H and O–H groups in total. The minimum Gasteiger partial charge on any atom is -0.393 e. The number of carbonyl (C=O) groups is 1. The van der Waals surface area contributed by atoms with Gasteiger partial charge in [-0.3, -0.25) is 13.8 Å². The molecule has 1 rings (SSSR count). The van der Waals surface area contributed by atoms with Crippen LogP contribution in [0, 0.1) is 0 Å². The number of phosphoric acid groups is 1. The van der Waals surface area contributed by atoms with Crippen LogP contribution in [-0.2, 0) is 18.4 Å². The largest absolute Gasteiger partial charge is 0.472 e. The maximum Gasteiger partial charge on any atom is 0.472 e. The normalized spacial score (nSPS) is 25.3. The zero-order valence-electron chi connectivity index (χ0n) is 31.5. The molecule has 1 aliphatic carbocycles. The number of nitrogens with one attached hydrogen (secondary N) is 1. The number of rotatable bonds is 32. The van der Waals surface area contributed by atoms with Gasteiger partial charge in [0.25, 0.3) is 0 Å². The highest BCUT2D eigenvalue weighted by Crippen LogP contribution is 2.47. The zero-order chi connectivity index (χ0) is 38.1. The summed E-state index contributed by atoms with van der Waals surface area (Å²) in [5.41, 5.74) is 0. The molecule has 1 fully saturated rings. The Labute approximate surface area is 307 Å². The molecule has 0 bridgehead atoms. The Kier molecular flexibility index (Phi) is 27.2. The van der Waals surface area contributed by atoms with E-state index in [4.69, 9.17) is 9.05 Å². The van der Waals surface area contributed by atoms with Crippen LogP contribution < -0.4 is 5.32 Å². The van der Waals surface area contributed by atoms with Gasteiger partial charge in [0.15, 0.2) is 0 Å². The second kappa shape index (κ2) is 28.7. The molecule has 0 aromatic rings. The van der Waals surface area contributed by atoms with Crippen molar-refractivity contribution in [1.82, 2.24) is 5.32 Å². The van der Waals surface area contributed by atoms with Gasteiger partial charge in [-0.15, -0.1) is 0 Å². The molecule has 14 heteroatoms. The zero-order valence-corrected chi connectivity index (χ0v) is 32.4. The van der Waals surface area contributed by atoms with Gasteiger partial charge in [0.1, 0.15) is 36.6 Å². The molecule has 1 aliphatic rings. The third-order valence-electron chi connectivity index (χ3n) is 9.97. The lowest BCUT2D eigenvalue weighted by molar-refractivity contribution is -0.220. The second-order valence-corrected chi connectivity index (χ2v) is 16.1. The predicted molar refractivity (Wildman–Crippen MR) is 197 cm³/mol. The first-order chi connectivity index (χ1) is 24.3. The van der Waals surface area contributed by atoms with Crippen LogP contribution >= 0.6 is 7.82 Å². The standard InChI is InChI=1S/C37H74NO12P/c1-3-5-7-9-11-13-14-15-17-19-21-23-25-30(40)29(38-31(41)26-28(39)24-22-20-18-16-12-10-8-6-4-2)27-49-51(47,48)50-37-35(45)33(43)32(42)34(44)36(37)46/h28-30,32-37,39-40,42-46H,3-27H2,1-2H3,(H,38,41)(H,47,48). The Hall–Kier alpha value is -0.700. The quantitative estimate of drug-likeness (QED) is 0.0330. The smallest absolute Gasteiger partial charge is 0.393 e. The SMILES string of the molecule is CCCCCCCCCCCCCCC(O)C(COP(=O)(O)OC1C(O)C(O)C(O)C(O)C1O)NC(=O)CC(O)CCCCCCCCCCC. The third kappa shape index (κ3) is 21.7. The Morgan fingerprint density at radius 2 is 0.980 bits per heavy atom. The third-order valence-corrected chi connectivity index (χ3v) is 11.0. The summed E-state index contributed by atoms with van der Waals surface area (Å²) >= 11 is 0. The lowest BCUT2D eigenvalue weighted by Gasteiger charge is -2.41. The van der Waals surface area contributed by atoms with E-state index in [-0.39, 0.29) is 12.8 Å². The molecule has 0 aromatic heterocycles. The summed E-state index contributed by atoms with van der Waals surface area (Å²) in [5.74, 6) is -0.562. The number of carbonyl (C=O) groups excluding carboxylic acids is 1. The number of phosphoric ester groups is 1. The summed E-state index contributed by atoms with van der Waals surface area (Å²) < 4.78 is 22.8. The Morgan fingerprint density at radius 3 is 1.41 bits per heavy atom. The Morgan fingerprint density at radius 1 is 0.608 bits per heavy atom. The molecule has 1 saturated carbocycles. The molecule has 0 heterocycles. The topological polar surface area (TPSA) is 226 Å². The number of aliphatic hydroxyl groups is 7. The molecular formula is C37H74NO12P. The van der Waals surface area contributed by atoms with Crippen LogP contribution in [0.25, 0.3) is 0 Å². The van der Waals surface area contributed by atoms with Gasteiger partial charge in [-0.05, 0) is 12.8 Å². The fraction of sp³-hybridized carbons (Fsp3) is 0.973. The van der Waals surface area contributed by atoms with E-state index in [0.717, 1.165) is 51.4 Å². The van der Waals surface area contributed by atoms with Crippen molar-refractivity contribution in [3.05, 3.63) is 0 Å². The van der Waals surface area contributed by atoms with Crippen molar-refractivity contribution in [2.24, 2.45) is 0 Å². The summed E-state index contributed by atoms with van der Waals surface area (Å²) in [4.78, 5) is 23.3. The molecular weight excluding hydrogens is 681 g/mol. The molecule has 0 radical (unpaired) electrons. The molecule has 304 valence electrons. The van der Waals surface area contributed by atoms with E-state index in [9.17, 15) is 50.0 Å². The maximum atomic E-state index is 12.9. The first kappa shape index (κ1) is 48.3. The Bertz CT molecular complexity index is 901. The number of hydrogen-bond donors (Lipinski definition) is 9. The molecule has 8 unspecified atom stereocenters. The summed E-state index contributed by atoms with van der Waals surface area (Å²) in [6.07, 6.45) is 10.4. The molecule has 8 atom stereocenters.